The molecule has 104 valence electrons. The molecule has 0 aromatic carbocycles. The van der Waals surface area contributed by atoms with E-state index in [1.54, 1.807) is 0 Å². The lowest BCUT2D eigenvalue weighted by Crippen LogP contribution is -2.46. The maximum Gasteiger partial charge on any atom is 0.225 e. The number of likely N-dealkylation sites (tertiary alicyclic amines) is 1. The lowest BCUT2D eigenvalue weighted by molar-refractivity contribution is -0.139. The summed E-state index contributed by atoms with van der Waals surface area (Å²) in [5.74, 6) is 0.378. The highest BCUT2D eigenvalue weighted by Crippen LogP contribution is 2.20. The third-order valence-corrected chi connectivity index (χ3v) is 3.60. The van der Waals surface area contributed by atoms with Crippen molar-refractivity contribution in [3.05, 3.63) is 0 Å². The van der Waals surface area contributed by atoms with Crippen molar-refractivity contribution in [3.8, 4) is 0 Å². The number of piperidine rings is 1. The van der Waals surface area contributed by atoms with Crippen molar-refractivity contribution in [1.82, 2.24) is 10.2 Å². The molecule has 0 bridgehead atoms. The Hall–Kier alpha value is -1.06. The first kappa shape index (κ1) is 15.0. The van der Waals surface area contributed by atoms with E-state index < -0.39 is 0 Å². The van der Waals surface area contributed by atoms with E-state index >= 15 is 0 Å². The predicted octanol–water partition coefficient (Wildman–Crippen LogP) is 1.80. The highest BCUT2D eigenvalue weighted by molar-refractivity contribution is 5.82. The van der Waals surface area contributed by atoms with Crippen molar-refractivity contribution in [2.75, 3.05) is 19.6 Å². The second-order valence-electron chi connectivity index (χ2n) is 5.21. The summed E-state index contributed by atoms with van der Waals surface area (Å²) in [5, 5.41) is 2.85. The second-order valence-corrected chi connectivity index (χ2v) is 5.21. The smallest absolute Gasteiger partial charge is 0.225 e. The zero-order valence-corrected chi connectivity index (χ0v) is 11.9. The number of amides is 2. The van der Waals surface area contributed by atoms with E-state index in [9.17, 15) is 9.59 Å². The summed E-state index contributed by atoms with van der Waals surface area (Å²) in [6.07, 6.45) is 3.80. The van der Waals surface area contributed by atoms with Crippen molar-refractivity contribution >= 4 is 11.8 Å². The molecule has 1 fully saturated rings. The first-order valence-corrected chi connectivity index (χ1v) is 7.16. The van der Waals surface area contributed by atoms with E-state index in [0.717, 1.165) is 32.2 Å². The van der Waals surface area contributed by atoms with Gasteiger partial charge in [0.1, 0.15) is 0 Å². The van der Waals surface area contributed by atoms with Gasteiger partial charge in [-0.3, -0.25) is 9.59 Å². The molecule has 4 nitrogen and oxygen atoms in total. The van der Waals surface area contributed by atoms with Crippen LogP contribution in [-0.2, 0) is 9.59 Å². The molecule has 2 atom stereocenters. The molecule has 1 N–H and O–H groups in total. The number of carbonyl (C=O) groups excluding carboxylic acids is 2. The molecule has 18 heavy (non-hydrogen) atoms. The molecule has 2 amide bonds. The Morgan fingerprint density at radius 1 is 1.39 bits per heavy atom. The Labute approximate surface area is 110 Å². The molecule has 0 aromatic heterocycles. The zero-order valence-electron chi connectivity index (χ0n) is 11.9. The van der Waals surface area contributed by atoms with Gasteiger partial charge in [-0.05, 0) is 26.2 Å². The third-order valence-electron chi connectivity index (χ3n) is 3.60. The molecule has 0 aromatic rings. The fraction of sp³-hybridized carbons (Fsp3) is 0.857. The van der Waals surface area contributed by atoms with Crippen molar-refractivity contribution in [2.24, 2.45) is 11.8 Å². The van der Waals surface area contributed by atoms with Gasteiger partial charge in [0.15, 0.2) is 0 Å². The van der Waals surface area contributed by atoms with Gasteiger partial charge in [0.2, 0.25) is 11.8 Å². The maximum absolute atomic E-state index is 12.2. The van der Waals surface area contributed by atoms with Crippen LogP contribution < -0.4 is 5.32 Å². The van der Waals surface area contributed by atoms with Gasteiger partial charge in [0, 0.05) is 25.6 Å². The molecule has 0 spiro atoms. The van der Waals surface area contributed by atoms with Gasteiger partial charge < -0.3 is 10.2 Å². The molecule has 1 aliphatic heterocycles. The van der Waals surface area contributed by atoms with Gasteiger partial charge in [-0.1, -0.05) is 20.3 Å². The number of hydrogen-bond donors (Lipinski definition) is 1. The summed E-state index contributed by atoms with van der Waals surface area (Å²) in [6.45, 7) is 8.07. The van der Waals surface area contributed by atoms with Crippen LogP contribution in [0.15, 0.2) is 0 Å². The van der Waals surface area contributed by atoms with E-state index in [0.29, 0.717) is 13.1 Å². The minimum absolute atomic E-state index is 0.0172. The van der Waals surface area contributed by atoms with E-state index in [-0.39, 0.29) is 23.7 Å². The Morgan fingerprint density at radius 2 is 2.11 bits per heavy atom. The number of rotatable bonds is 5. The van der Waals surface area contributed by atoms with Crippen LogP contribution in [0.5, 0.6) is 0 Å². The van der Waals surface area contributed by atoms with Crippen molar-refractivity contribution in [1.29, 1.82) is 0 Å². The van der Waals surface area contributed by atoms with E-state index in [2.05, 4.69) is 12.2 Å². The lowest BCUT2D eigenvalue weighted by Gasteiger charge is -2.33. The van der Waals surface area contributed by atoms with Gasteiger partial charge in [0.05, 0.1) is 5.92 Å². The van der Waals surface area contributed by atoms with Crippen LogP contribution in [0.3, 0.4) is 0 Å². The Morgan fingerprint density at radius 3 is 2.72 bits per heavy atom. The normalized spacial score (nSPS) is 21.5. The second kappa shape index (κ2) is 7.39. The number of carbonyl (C=O) groups is 2. The van der Waals surface area contributed by atoms with Crippen LogP contribution in [0.2, 0.25) is 0 Å². The molecular weight excluding hydrogens is 228 g/mol. The molecule has 1 rings (SSSR count). The average Bonchev–Trinajstić information content (AvgIpc) is 2.38. The zero-order chi connectivity index (χ0) is 13.5. The van der Waals surface area contributed by atoms with Crippen molar-refractivity contribution < 1.29 is 9.59 Å². The summed E-state index contributed by atoms with van der Waals surface area (Å²) >= 11 is 0. The highest BCUT2D eigenvalue weighted by Gasteiger charge is 2.29. The molecule has 4 heteroatoms. The monoisotopic (exact) mass is 254 g/mol. The van der Waals surface area contributed by atoms with E-state index in [1.165, 1.54) is 0 Å². The summed E-state index contributed by atoms with van der Waals surface area (Å²) in [7, 11) is 0. The molecular formula is C14H26N2O2. The van der Waals surface area contributed by atoms with Crippen LogP contribution in [0, 0.1) is 11.8 Å². The Balaban J connectivity index is 2.52. The van der Waals surface area contributed by atoms with Crippen LogP contribution >= 0.6 is 0 Å². The lowest BCUT2D eigenvalue weighted by atomic mass is 9.95. The topological polar surface area (TPSA) is 49.4 Å². The minimum atomic E-state index is -0.0172. The number of nitrogens with one attached hydrogen (secondary N) is 1. The van der Waals surface area contributed by atoms with Gasteiger partial charge in [-0.15, -0.1) is 0 Å². The fourth-order valence-corrected chi connectivity index (χ4v) is 2.58. The first-order valence-electron chi connectivity index (χ1n) is 7.16. The van der Waals surface area contributed by atoms with Gasteiger partial charge in [-0.2, -0.15) is 0 Å². The molecule has 1 saturated heterocycles. The summed E-state index contributed by atoms with van der Waals surface area (Å²) in [6, 6.07) is 0. The fourth-order valence-electron chi connectivity index (χ4n) is 2.58. The summed E-state index contributed by atoms with van der Waals surface area (Å²) in [4.78, 5) is 25.9. The van der Waals surface area contributed by atoms with Gasteiger partial charge >= 0.3 is 0 Å². The largest absolute Gasteiger partial charge is 0.356 e. The Kier molecular flexibility index (Phi) is 6.16. The molecule has 0 radical (unpaired) electrons. The standard InChI is InChI=1S/C14H26N2O2/c1-4-7-11(3)14(18)16-9-6-8-12(10-16)13(17)15-5-2/h11-12H,4-10H2,1-3H3,(H,15,17)/t11-,12+/m0/s1. The van der Waals surface area contributed by atoms with Gasteiger partial charge in [0.25, 0.3) is 0 Å². The van der Waals surface area contributed by atoms with Crippen molar-refractivity contribution in [2.45, 2.75) is 46.5 Å². The molecule has 0 unspecified atom stereocenters. The SMILES string of the molecule is CCC[C@H](C)C(=O)N1CCC[C@@H](C(=O)NCC)C1. The molecule has 1 heterocycles. The predicted molar refractivity (Wildman–Crippen MR) is 72.1 cm³/mol. The third kappa shape index (κ3) is 4.00. The maximum atomic E-state index is 12.2. The highest BCUT2D eigenvalue weighted by atomic mass is 16.2. The number of nitrogens with zero attached hydrogens (tertiary/aromatic N) is 1. The van der Waals surface area contributed by atoms with Crippen LogP contribution in [0.25, 0.3) is 0 Å². The van der Waals surface area contributed by atoms with Gasteiger partial charge in [-0.25, -0.2) is 0 Å². The van der Waals surface area contributed by atoms with E-state index in [1.807, 2.05) is 18.7 Å². The molecule has 0 saturated carbocycles. The molecule has 0 aliphatic carbocycles. The summed E-state index contributed by atoms with van der Waals surface area (Å²) in [5.41, 5.74) is 0. The van der Waals surface area contributed by atoms with Crippen LogP contribution in [0.1, 0.15) is 46.5 Å². The number of hydrogen-bond acceptors (Lipinski definition) is 2. The Bertz CT molecular complexity index is 292. The minimum Gasteiger partial charge on any atom is -0.356 e. The van der Waals surface area contributed by atoms with Crippen molar-refractivity contribution in [3.63, 3.8) is 0 Å². The summed E-state index contributed by atoms with van der Waals surface area (Å²) < 4.78 is 0. The first-order chi connectivity index (χ1) is 8.60. The quantitative estimate of drug-likeness (QED) is 0.813. The average molecular weight is 254 g/mol. The van der Waals surface area contributed by atoms with Crippen LogP contribution in [-0.4, -0.2) is 36.3 Å². The van der Waals surface area contributed by atoms with Crippen LogP contribution in [0.4, 0.5) is 0 Å². The molecule has 1 aliphatic rings. The van der Waals surface area contributed by atoms with E-state index in [4.69, 9.17) is 0 Å².